The van der Waals surface area contributed by atoms with Crippen molar-refractivity contribution in [3.8, 4) is 0 Å². The molecule has 0 bridgehead atoms. The first-order valence-electron chi connectivity index (χ1n) is 6.74. The molecule has 4 heteroatoms. The molecule has 0 saturated heterocycles. The van der Waals surface area contributed by atoms with Crippen LogP contribution in [0.3, 0.4) is 0 Å². The van der Waals surface area contributed by atoms with Crippen LogP contribution in [0.15, 0.2) is 24.3 Å². The maximum absolute atomic E-state index is 12.2. The van der Waals surface area contributed by atoms with Gasteiger partial charge in [-0.1, -0.05) is 24.3 Å². The summed E-state index contributed by atoms with van der Waals surface area (Å²) in [6.45, 7) is 0.429. The number of carboxylic acid groups (broad SMARTS) is 1. The molecular weight excluding hydrogens is 242 g/mol. The predicted molar refractivity (Wildman–Crippen MR) is 69.5 cm³/mol. The highest BCUT2D eigenvalue weighted by Crippen LogP contribution is 2.34. The molecule has 19 heavy (non-hydrogen) atoms. The second-order valence-electron chi connectivity index (χ2n) is 5.50. The third kappa shape index (κ3) is 2.48. The monoisotopic (exact) mass is 259 g/mol. The van der Waals surface area contributed by atoms with E-state index in [1.165, 1.54) is 0 Å². The average molecular weight is 259 g/mol. The number of fused-ring (bicyclic) bond motifs is 1. The van der Waals surface area contributed by atoms with Gasteiger partial charge in [0.2, 0.25) is 5.91 Å². The lowest BCUT2D eigenvalue weighted by Crippen LogP contribution is -2.48. The van der Waals surface area contributed by atoms with E-state index in [0.717, 1.165) is 24.0 Å². The molecule has 1 N–H and O–H groups in total. The average Bonchev–Trinajstić information content (AvgIpc) is 3.21. The summed E-state index contributed by atoms with van der Waals surface area (Å²) in [5, 5.41) is 9.34. The van der Waals surface area contributed by atoms with Crippen LogP contribution < -0.4 is 0 Å². The van der Waals surface area contributed by atoms with Crippen molar-refractivity contribution in [3.63, 3.8) is 0 Å². The molecule has 1 aliphatic carbocycles. The van der Waals surface area contributed by atoms with Crippen LogP contribution in [0.5, 0.6) is 0 Å². The van der Waals surface area contributed by atoms with Crippen molar-refractivity contribution in [2.24, 2.45) is 5.92 Å². The first-order chi connectivity index (χ1) is 9.15. The fourth-order valence-corrected chi connectivity index (χ4v) is 2.69. The molecule has 1 fully saturated rings. The minimum absolute atomic E-state index is 0.00981. The van der Waals surface area contributed by atoms with Crippen LogP contribution in [0.2, 0.25) is 0 Å². The second-order valence-corrected chi connectivity index (χ2v) is 5.50. The van der Waals surface area contributed by atoms with E-state index in [0.29, 0.717) is 25.3 Å². The Kier molecular flexibility index (Phi) is 3.01. The van der Waals surface area contributed by atoms with Gasteiger partial charge in [0, 0.05) is 19.4 Å². The lowest BCUT2D eigenvalue weighted by atomic mass is 9.93. The molecule has 1 unspecified atom stereocenters. The number of carboxylic acids is 1. The van der Waals surface area contributed by atoms with Gasteiger partial charge >= 0.3 is 5.97 Å². The van der Waals surface area contributed by atoms with Crippen LogP contribution in [0.4, 0.5) is 0 Å². The fourth-order valence-electron chi connectivity index (χ4n) is 2.69. The summed E-state index contributed by atoms with van der Waals surface area (Å²) in [6, 6.07) is 7.07. The number of benzene rings is 1. The maximum atomic E-state index is 12.2. The molecule has 0 radical (unpaired) electrons. The Balaban J connectivity index is 1.84. The molecule has 2 aliphatic rings. The van der Waals surface area contributed by atoms with E-state index in [-0.39, 0.29) is 5.91 Å². The summed E-state index contributed by atoms with van der Waals surface area (Å²) in [5.74, 6) is -0.429. The molecule has 3 rings (SSSR count). The molecule has 1 amide bonds. The van der Waals surface area contributed by atoms with Gasteiger partial charge in [0.15, 0.2) is 0 Å². The Hall–Kier alpha value is -1.84. The topological polar surface area (TPSA) is 57.6 Å². The summed E-state index contributed by atoms with van der Waals surface area (Å²) in [7, 11) is 0. The van der Waals surface area contributed by atoms with E-state index in [2.05, 4.69) is 0 Å². The van der Waals surface area contributed by atoms with Gasteiger partial charge in [0.1, 0.15) is 6.04 Å². The van der Waals surface area contributed by atoms with Gasteiger partial charge in [-0.25, -0.2) is 4.79 Å². The lowest BCUT2D eigenvalue weighted by Gasteiger charge is -2.34. The van der Waals surface area contributed by atoms with Gasteiger partial charge in [-0.2, -0.15) is 0 Å². The molecule has 0 spiro atoms. The van der Waals surface area contributed by atoms with Gasteiger partial charge in [-0.05, 0) is 29.9 Å². The minimum atomic E-state index is -0.904. The third-order valence-electron chi connectivity index (χ3n) is 4.01. The molecule has 1 saturated carbocycles. The Morgan fingerprint density at radius 1 is 1.21 bits per heavy atom. The minimum Gasteiger partial charge on any atom is -0.480 e. The molecule has 1 atom stereocenters. The van der Waals surface area contributed by atoms with Crippen molar-refractivity contribution in [1.29, 1.82) is 0 Å². The number of aliphatic carboxylic acids is 1. The van der Waals surface area contributed by atoms with Gasteiger partial charge < -0.3 is 10.0 Å². The highest BCUT2D eigenvalue weighted by atomic mass is 16.4. The summed E-state index contributed by atoms with van der Waals surface area (Å²) in [5.41, 5.74) is 2.12. The Morgan fingerprint density at radius 3 is 2.53 bits per heavy atom. The Morgan fingerprint density at radius 2 is 1.89 bits per heavy atom. The van der Waals surface area contributed by atoms with E-state index in [1.54, 1.807) is 4.90 Å². The van der Waals surface area contributed by atoms with Crippen molar-refractivity contribution in [3.05, 3.63) is 35.4 Å². The van der Waals surface area contributed by atoms with Crippen molar-refractivity contribution in [2.45, 2.75) is 38.3 Å². The normalized spacial score (nSPS) is 21.9. The zero-order chi connectivity index (χ0) is 13.4. The molecule has 0 aromatic heterocycles. The van der Waals surface area contributed by atoms with E-state index in [4.69, 9.17) is 0 Å². The quantitative estimate of drug-likeness (QED) is 0.900. The number of carbonyl (C=O) groups excluding carboxylic acids is 1. The van der Waals surface area contributed by atoms with E-state index in [9.17, 15) is 14.7 Å². The molecule has 1 aromatic carbocycles. The zero-order valence-electron chi connectivity index (χ0n) is 10.7. The van der Waals surface area contributed by atoms with Crippen molar-refractivity contribution < 1.29 is 14.7 Å². The second kappa shape index (κ2) is 4.68. The first-order valence-corrected chi connectivity index (χ1v) is 6.74. The van der Waals surface area contributed by atoms with Crippen LogP contribution >= 0.6 is 0 Å². The molecule has 1 heterocycles. The van der Waals surface area contributed by atoms with Crippen molar-refractivity contribution in [2.75, 3.05) is 0 Å². The number of amides is 1. The summed E-state index contributed by atoms with van der Waals surface area (Å²) in [4.78, 5) is 25.2. The van der Waals surface area contributed by atoms with Crippen molar-refractivity contribution >= 4 is 11.9 Å². The molecule has 100 valence electrons. The molecule has 4 nitrogen and oxygen atoms in total. The van der Waals surface area contributed by atoms with Gasteiger partial charge in [0.25, 0.3) is 0 Å². The predicted octanol–water partition coefficient (Wildman–Crippen LogP) is 1.82. The number of carbonyl (C=O) groups is 2. The lowest BCUT2D eigenvalue weighted by molar-refractivity contribution is -0.151. The zero-order valence-corrected chi connectivity index (χ0v) is 10.7. The molecule has 1 aliphatic heterocycles. The van der Waals surface area contributed by atoms with Crippen LogP contribution in [0, 0.1) is 5.92 Å². The summed E-state index contributed by atoms with van der Waals surface area (Å²) in [6.07, 6.45) is 3.13. The highest BCUT2D eigenvalue weighted by Gasteiger charge is 2.36. The van der Waals surface area contributed by atoms with E-state index >= 15 is 0 Å². The number of hydrogen-bond acceptors (Lipinski definition) is 2. The van der Waals surface area contributed by atoms with Gasteiger partial charge in [-0.3, -0.25) is 4.79 Å². The van der Waals surface area contributed by atoms with Crippen molar-refractivity contribution in [1.82, 2.24) is 4.90 Å². The van der Waals surface area contributed by atoms with Crippen LogP contribution in [-0.4, -0.2) is 27.9 Å². The maximum Gasteiger partial charge on any atom is 0.326 e. The van der Waals surface area contributed by atoms with Crippen LogP contribution in [-0.2, 0) is 22.6 Å². The standard InChI is InChI=1S/C15H17NO3/c17-14(7-10-5-6-10)16-9-12-4-2-1-3-11(12)8-13(16)15(18)19/h1-4,10,13H,5-9H2,(H,18,19). The van der Waals surface area contributed by atoms with Gasteiger partial charge in [-0.15, -0.1) is 0 Å². The SMILES string of the molecule is O=C(O)C1Cc2ccccc2CN1C(=O)CC1CC1. The first kappa shape index (κ1) is 12.2. The highest BCUT2D eigenvalue weighted by molar-refractivity contribution is 5.84. The van der Waals surface area contributed by atoms with Crippen LogP contribution in [0.25, 0.3) is 0 Å². The fraction of sp³-hybridized carbons (Fsp3) is 0.467. The molecular formula is C15H17NO3. The Labute approximate surface area is 112 Å². The number of hydrogen-bond donors (Lipinski definition) is 1. The largest absolute Gasteiger partial charge is 0.480 e. The third-order valence-corrected chi connectivity index (χ3v) is 4.01. The number of rotatable bonds is 3. The van der Waals surface area contributed by atoms with Gasteiger partial charge in [0.05, 0.1) is 0 Å². The Bertz CT molecular complexity index is 522. The van der Waals surface area contributed by atoms with E-state index < -0.39 is 12.0 Å². The van der Waals surface area contributed by atoms with E-state index in [1.807, 2.05) is 24.3 Å². The molecule has 1 aromatic rings. The van der Waals surface area contributed by atoms with Crippen LogP contribution in [0.1, 0.15) is 30.4 Å². The smallest absolute Gasteiger partial charge is 0.326 e. The number of nitrogens with zero attached hydrogens (tertiary/aromatic N) is 1. The summed E-state index contributed by atoms with van der Waals surface area (Å²) < 4.78 is 0. The summed E-state index contributed by atoms with van der Waals surface area (Å²) >= 11 is 0.